The van der Waals surface area contributed by atoms with E-state index in [1.54, 1.807) is 22.2 Å². The number of thiophene rings is 1. The lowest BCUT2D eigenvalue weighted by atomic mass is 10.2. The Bertz CT molecular complexity index is 774. The molecule has 0 spiro atoms. The van der Waals surface area contributed by atoms with E-state index < -0.39 is 0 Å². The number of hydrogen-bond acceptors (Lipinski definition) is 4. The van der Waals surface area contributed by atoms with Crippen molar-refractivity contribution >= 4 is 17.3 Å². The third-order valence-corrected chi connectivity index (χ3v) is 4.30. The number of aromatic nitrogens is 2. The van der Waals surface area contributed by atoms with Gasteiger partial charge >= 0.3 is 5.97 Å². The van der Waals surface area contributed by atoms with Crippen LogP contribution in [0.3, 0.4) is 0 Å². The summed E-state index contributed by atoms with van der Waals surface area (Å²) < 4.78 is 7.17. The van der Waals surface area contributed by atoms with Gasteiger partial charge in [-0.3, -0.25) is 0 Å². The minimum atomic E-state index is -0.266. The topological polar surface area (TPSA) is 44.1 Å². The predicted octanol–water partition coefficient (Wildman–Crippen LogP) is 3.91. The number of hydrogen-bond donors (Lipinski definition) is 0. The van der Waals surface area contributed by atoms with Gasteiger partial charge in [0, 0.05) is 22.1 Å². The van der Waals surface area contributed by atoms with E-state index in [4.69, 9.17) is 4.74 Å². The van der Waals surface area contributed by atoms with Gasteiger partial charge in [-0.25, -0.2) is 9.48 Å². The van der Waals surface area contributed by atoms with Crippen LogP contribution < -0.4 is 0 Å². The molecule has 4 nitrogen and oxygen atoms in total. The van der Waals surface area contributed by atoms with Gasteiger partial charge in [-0.05, 0) is 43.7 Å². The first-order chi connectivity index (χ1) is 10.6. The second kappa shape index (κ2) is 6.15. The third-order valence-electron chi connectivity index (χ3n) is 3.34. The number of ether oxygens (including phenoxy) is 1. The van der Waals surface area contributed by atoms with Crippen molar-refractivity contribution in [2.24, 2.45) is 0 Å². The van der Waals surface area contributed by atoms with E-state index in [0.717, 1.165) is 21.0 Å². The molecule has 0 fully saturated rings. The molecule has 0 N–H and O–H groups in total. The number of esters is 1. The molecule has 0 unspecified atom stereocenters. The lowest BCUT2D eigenvalue weighted by molar-refractivity contribution is 0.0472. The van der Waals surface area contributed by atoms with E-state index in [0.29, 0.717) is 5.56 Å². The standard InChI is InChI=1S/C17H16N2O2S/c1-12-10-16(13(2)22-12)17(20)21-11-14-4-6-15(7-5-14)19-9-3-8-18-19/h3-10H,11H2,1-2H3. The molecule has 0 aliphatic rings. The van der Waals surface area contributed by atoms with Crippen molar-refractivity contribution in [1.29, 1.82) is 0 Å². The Morgan fingerprint density at radius 3 is 2.64 bits per heavy atom. The zero-order chi connectivity index (χ0) is 15.5. The van der Waals surface area contributed by atoms with E-state index in [1.807, 2.05) is 56.4 Å². The summed E-state index contributed by atoms with van der Waals surface area (Å²) in [6.07, 6.45) is 3.62. The molecule has 2 heterocycles. The first-order valence-corrected chi connectivity index (χ1v) is 7.78. The summed E-state index contributed by atoms with van der Waals surface area (Å²) in [5, 5.41) is 4.17. The Balaban J connectivity index is 1.64. The molecule has 3 aromatic rings. The van der Waals surface area contributed by atoms with Crippen LogP contribution in [0.25, 0.3) is 5.69 Å². The van der Waals surface area contributed by atoms with Crippen LogP contribution in [0.4, 0.5) is 0 Å². The van der Waals surface area contributed by atoms with E-state index in [1.165, 1.54) is 0 Å². The summed E-state index contributed by atoms with van der Waals surface area (Å²) in [4.78, 5) is 14.2. The molecule has 0 saturated heterocycles. The van der Waals surface area contributed by atoms with Gasteiger partial charge in [0.25, 0.3) is 0 Å². The molecule has 1 aromatic carbocycles. The first-order valence-electron chi connectivity index (χ1n) is 6.96. The van der Waals surface area contributed by atoms with E-state index >= 15 is 0 Å². The van der Waals surface area contributed by atoms with Gasteiger partial charge in [0.15, 0.2) is 0 Å². The van der Waals surface area contributed by atoms with Crippen LogP contribution >= 0.6 is 11.3 Å². The van der Waals surface area contributed by atoms with Gasteiger partial charge in [-0.1, -0.05) is 12.1 Å². The maximum Gasteiger partial charge on any atom is 0.339 e. The summed E-state index contributed by atoms with van der Waals surface area (Å²) in [6, 6.07) is 11.5. The van der Waals surface area contributed by atoms with E-state index in [-0.39, 0.29) is 12.6 Å². The Morgan fingerprint density at radius 1 is 1.27 bits per heavy atom. The fraction of sp³-hybridized carbons (Fsp3) is 0.176. The predicted molar refractivity (Wildman–Crippen MR) is 86.5 cm³/mol. The van der Waals surface area contributed by atoms with E-state index in [9.17, 15) is 4.79 Å². The highest BCUT2D eigenvalue weighted by Crippen LogP contribution is 2.21. The number of carbonyl (C=O) groups excluding carboxylic acids is 1. The van der Waals surface area contributed by atoms with E-state index in [2.05, 4.69) is 5.10 Å². The Kier molecular flexibility index (Phi) is 4.06. The molecule has 2 aromatic heterocycles. The van der Waals surface area contributed by atoms with Crippen molar-refractivity contribution in [3.63, 3.8) is 0 Å². The van der Waals surface area contributed by atoms with Crippen molar-refractivity contribution in [1.82, 2.24) is 9.78 Å². The fourth-order valence-corrected chi connectivity index (χ4v) is 3.14. The molecule has 0 radical (unpaired) electrons. The SMILES string of the molecule is Cc1cc(C(=O)OCc2ccc(-n3cccn3)cc2)c(C)s1. The molecular weight excluding hydrogens is 296 g/mol. The minimum absolute atomic E-state index is 0.266. The minimum Gasteiger partial charge on any atom is -0.457 e. The Labute approximate surface area is 133 Å². The molecule has 0 saturated carbocycles. The second-order valence-electron chi connectivity index (χ2n) is 5.02. The van der Waals surface area contributed by atoms with Gasteiger partial charge in [-0.2, -0.15) is 5.10 Å². The summed E-state index contributed by atoms with van der Waals surface area (Å²) >= 11 is 1.61. The van der Waals surface area contributed by atoms with Gasteiger partial charge in [-0.15, -0.1) is 11.3 Å². The van der Waals surface area contributed by atoms with Crippen LogP contribution in [0.1, 0.15) is 25.7 Å². The fourth-order valence-electron chi connectivity index (χ4n) is 2.23. The number of rotatable bonds is 4. The largest absolute Gasteiger partial charge is 0.457 e. The molecule has 0 bridgehead atoms. The second-order valence-corrected chi connectivity index (χ2v) is 6.48. The lowest BCUT2D eigenvalue weighted by Crippen LogP contribution is -2.05. The Hall–Kier alpha value is -2.40. The highest BCUT2D eigenvalue weighted by Gasteiger charge is 2.13. The van der Waals surface area contributed by atoms with Crippen molar-refractivity contribution < 1.29 is 9.53 Å². The van der Waals surface area contributed by atoms with Gasteiger partial charge in [0.05, 0.1) is 11.3 Å². The summed E-state index contributed by atoms with van der Waals surface area (Å²) in [7, 11) is 0. The first kappa shape index (κ1) is 14.5. The van der Waals surface area contributed by atoms with Gasteiger partial charge in [0.2, 0.25) is 0 Å². The van der Waals surface area contributed by atoms with Crippen LogP contribution in [0.5, 0.6) is 0 Å². The van der Waals surface area contributed by atoms with Crippen molar-refractivity contribution in [2.45, 2.75) is 20.5 Å². The van der Waals surface area contributed by atoms with Crippen molar-refractivity contribution in [3.05, 3.63) is 69.7 Å². The zero-order valence-corrected chi connectivity index (χ0v) is 13.3. The quantitative estimate of drug-likeness (QED) is 0.686. The molecule has 0 aliphatic heterocycles. The monoisotopic (exact) mass is 312 g/mol. The maximum absolute atomic E-state index is 12.1. The molecule has 5 heteroatoms. The molecule has 112 valence electrons. The average molecular weight is 312 g/mol. The number of nitrogens with zero attached hydrogens (tertiary/aromatic N) is 2. The molecule has 22 heavy (non-hydrogen) atoms. The van der Waals surface area contributed by atoms with Gasteiger partial charge in [0.1, 0.15) is 6.61 Å². The highest BCUT2D eigenvalue weighted by atomic mass is 32.1. The smallest absolute Gasteiger partial charge is 0.339 e. The summed E-state index contributed by atoms with van der Waals surface area (Å²) in [5.41, 5.74) is 2.59. The summed E-state index contributed by atoms with van der Waals surface area (Å²) in [5.74, 6) is -0.266. The molecular formula is C17H16N2O2S. The average Bonchev–Trinajstić information content (AvgIpc) is 3.15. The zero-order valence-electron chi connectivity index (χ0n) is 12.4. The van der Waals surface area contributed by atoms with Crippen LogP contribution in [-0.4, -0.2) is 15.7 Å². The van der Waals surface area contributed by atoms with Crippen LogP contribution in [-0.2, 0) is 11.3 Å². The summed E-state index contributed by atoms with van der Waals surface area (Å²) in [6.45, 7) is 4.20. The van der Waals surface area contributed by atoms with Crippen molar-refractivity contribution in [3.8, 4) is 5.69 Å². The molecule has 0 aliphatic carbocycles. The number of benzene rings is 1. The Morgan fingerprint density at radius 2 is 2.05 bits per heavy atom. The van der Waals surface area contributed by atoms with Crippen molar-refractivity contribution in [2.75, 3.05) is 0 Å². The number of aryl methyl sites for hydroxylation is 2. The molecule has 3 rings (SSSR count). The third kappa shape index (κ3) is 3.09. The normalized spacial score (nSPS) is 10.6. The van der Waals surface area contributed by atoms with Gasteiger partial charge < -0.3 is 4.74 Å². The number of carbonyl (C=O) groups is 1. The molecule has 0 amide bonds. The van der Waals surface area contributed by atoms with Crippen LogP contribution in [0, 0.1) is 13.8 Å². The highest BCUT2D eigenvalue weighted by molar-refractivity contribution is 7.12. The van der Waals surface area contributed by atoms with Crippen LogP contribution in [0.2, 0.25) is 0 Å². The van der Waals surface area contributed by atoms with Crippen LogP contribution in [0.15, 0.2) is 48.8 Å². The maximum atomic E-state index is 12.1. The molecule has 0 atom stereocenters. The lowest BCUT2D eigenvalue weighted by Gasteiger charge is -2.06.